The SMILES string of the molecule is CCS(=O)(=O)CCc1ccc2c(c1)OCO2. The monoisotopic (exact) mass is 242 g/mol. The number of hydrogen-bond acceptors (Lipinski definition) is 4. The highest BCUT2D eigenvalue weighted by Crippen LogP contribution is 2.32. The van der Waals surface area contributed by atoms with Gasteiger partial charge in [-0.1, -0.05) is 13.0 Å². The minimum atomic E-state index is -2.90. The summed E-state index contributed by atoms with van der Waals surface area (Å²) in [6.45, 7) is 1.90. The van der Waals surface area contributed by atoms with Gasteiger partial charge in [-0.3, -0.25) is 0 Å². The van der Waals surface area contributed by atoms with Crippen LogP contribution in [0.3, 0.4) is 0 Å². The molecule has 0 bridgehead atoms. The Kier molecular flexibility index (Phi) is 3.05. The van der Waals surface area contributed by atoms with Crippen molar-refractivity contribution < 1.29 is 17.9 Å². The van der Waals surface area contributed by atoms with Crippen LogP contribution < -0.4 is 9.47 Å². The van der Waals surface area contributed by atoms with Gasteiger partial charge >= 0.3 is 0 Å². The van der Waals surface area contributed by atoms with E-state index in [1.807, 2.05) is 18.2 Å². The molecule has 1 aromatic rings. The predicted molar refractivity (Wildman–Crippen MR) is 60.6 cm³/mol. The van der Waals surface area contributed by atoms with E-state index >= 15 is 0 Å². The van der Waals surface area contributed by atoms with Crippen molar-refractivity contribution in [3.8, 4) is 11.5 Å². The van der Waals surface area contributed by atoms with Crippen LogP contribution in [0.15, 0.2) is 18.2 Å². The summed E-state index contributed by atoms with van der Waals surface area (Å²) >= 11 is 0. The Hall–Kier alpha value is -1.23. The van der Waals surface area contributed by atoms with Crippen LogP contribution in [0.4, 0.5) is 0 Å². The van der Waals surface area contributed by atoms with Gasteiger partial charge in [0.15, 0.2) is 11.5 Å². The van der Waals surface area contributed by atoms with Gasteiger partial charge in [0.05, 0.1) is 5.75 Å². The van der Waals surface area contributed by atoms with Gasteiger partial charge in [0.1, 0.15) is 9.84 Å². The fourth-order valence-electron chi connectivity index (χ4n) is 1.51. The summed E-state index contributed by atoms with van der Waals surface area (Å²) in [7, 11) is -2.90. The van der Waals surface area contributed by atoms with Crippen LogP contribution in [0, 0.1) is 0 Å². The van der Waals surface area contributed by atoms with Gasteiger partial charge in [0, 0.05) is 5.75 Å². The molecule has 0 saturated heterocycles. The number of hydrogen-bond donors (Lipinski definition) is 0. The van der Waals surface area contributed by atoms with Crippen molar-refractivity contribution in [2.45, 2.75) is 13.3 Å². The molecule has 0 aliphatic carbocycles. The maximum absolute atomic E-state index is 11.4. The van der Waals surface area contributed by atoms with Crippen molar-refractivity contribution >= 4 is 9.84 Å². The average molecular weight is 242 g/mol. The van der Waals surface area contributed by atoms with E-state index in [1.54, 1.807) is 6.92 Å². The largest absolute Gasteiger partial charge is 0.454 e. The molecule has 0 fully saturated rings. The molecule has 1 aliphatic rings. The third-order valence-electron chi connectivity index (χ3n) is 2.58. The number of ether oxygens (including phenoxy) is 2. The number of sulfone groups is 1. The maximum atomic E-state index is 11.4. The third-order valence-corrected chi connectivity index (χ3v) is 4.28. The number of benzene rings is 1. The van der Waals surface area contributed by atoms with Crippen LogP contribution >= 0.6 is 0 Å². The number of fused-ring (bicyclic) bond motifs is 1. The molecule has 0 saturated carbocycles. The molecule has 0 atom stereocenters. The molecule has 88 valence electrons. The van der Waals surface area contributed by atoms with Gasteiger partial charge in [-0.25, -0.2) is 8.42 Å². The first-order valence-electron chi connectivity index (χ1n) is 5.19. The van der Waals surface area contributed by atoms with Crippen LogP contribution in [0.25, 0.3) is 0 Å². The Bertz CT molecular complexity index is 479. The summed E-state index contributed by atoms with van der Waals surface area (Å²) in [5.41, 5.74) is 0.960. The highest BCUT2D eigenvalue weighted by molar-refractivity contribution is 7.91. The van der Waals surface area contributed by atoms with E-state index in [9.17, 15) is 8.42 Å². The maximum Gasteiger partial charge on any atom is 0.231 e. The average Bonchev–Trinajstić information content (AvgIpc) is 2.73. The van der Waals surface area contributed by atoms with Crippen molar-refractivity contribution in [3.05, 3.63) is 23.8 Å². The number of rotatable bonds is 4. The second kappa shape index (κ2) is 4.33. The molecule has 0 radical (unpaired) electrons. The minimum Gasteiger partial charge on any atom is -0.454 e. The molecule has 0 aromatic heterocycles. The topological polar surface area (TPSA) is 52.6 Å². The lowest BCUT2D eigenvalue weighted by atomic mass is 10.1. The van der Waals surface area contributed by atoms with Crippen molar-refractivity contribution in [2.75, 3.05) is 18.3 Å². The van der Waals surface area contributed by atoms with E-state index in [0.29, 0.717) is 12.2 Å². The smallest absolute Gasteiger partial charge is 0.231 e. The van der Waals surface area contributed by atoms with E-state index in [1.165, 1.54) is 0 Å². The standard InChI is InChI=1S/C11H14O4S/c1-2-16(12,13)6-5-9-3-4-10-11(7-9)15-8-14-10/h3-4,7H,2,5-6,8H2,1H3. The first kappa shape index (κ1) is 11.3. The fraction of sp³-hybridized carbons (Fsp3) is 0.455. The van der Waals surface area contributed by atoms with Crippen molar-refractivity contribution in [1.29, 1.82) is 0 Å². The van der Waals surface area contributed by atoms with Crippen molar-refractivity contribution in [2.24, 2.45) is 0 Å². The molecule has 16 heavy (non-hydrogen) atoms. The summed E-state index contributed by atoms with van der Waals surface area (Å²) < 4.78 is 33.1. The summed E-state index contributed by atoms with van der Waals surface area (Å²) in [5, 5.41) is 0. The molecule has 4 nitrogen and oxygen atoms in total. The molecular weight excluding hydrogens is 228 g/mol. The summed E-state index contributed by atoms with van der Waals surface area (Å²) in [5.74, 6) is 1.80. The predicted octanol–water partition coefficient (Wildman–Crippen LogP) is 1.39. The van der Waals surface area contributed by atoms with Crippen molar-refractivity contribution in [1.82, 2.24) is 0 Å². The molecular formula is C11H14O4S. The molecule has 2 rings (SSSR count). The quantitative estimate of drug-likeness (QED) is 0.800. The Morgan fingerprint density at radius 2 is 2.00 bits per heavy atom. The second-order valence-corrected chi connectivity index (χ2v) is 6.15. The van der Waals surface area contributed by atoms with Gasteiger partial charge in [-0.2, -0.15) is 0 Å². The Morgan fingerprint density at radius 3 is 2.75 bits per heavy atom. The second-order valence-electron chi connectivity index (χ2n) is 3.67. The fourth-order valence-corrected chi connectivity index (χ4v) is 2.35. The van der Waals surface area contributed by atoms with Crippen molar-refractivity contribution in [3.63, 3.8) is 0 Å². The molecule has 0 unspecified atom stereocenters. The normalized spacial score (nSPS) is 14.1. The highest BCUT2D eigenvalue weighted by Gasteiger charge is 2.14. The molecule has 0 amide bonds. The lowest BCUT2D eigenvalue weighted by Gasteiger charge is -2.03. The van der Waals surface area contributed by atoms with Crippen LogP contribution in [-0.4, -0.2) is 26.7 Å². The van der Waals surface area contributed by atoms with Crippen LogP contribution in [-0.2, 0) is 16.3 Å². The number of aryl methyl sites for hydroxylation is 1. The molecule has 1 aromatic carbocycles. The van der Waals surface area contributed by atoms with E-state index in [4.69, 9.17) is 9.47 Å². The van der Waals surface area contributed by atoms with E-state index < -0.39 is 9.84 Å². The van der Waals surface area contributed by atoms with E-state index in [0.717, 1.165) is 11.3 Å². The summed E-state index contributed by atoms with van der Waals surface area (Å²) in [4.78, 5) is 0. The summed E-state index contributed by atoms with van der Waals surface area (Å²) in [6.07, 6.45) is 0.521. The Morgan fingerprint density at radius 1 is 1.25 bits per heavy atom. The zero-order chi connectivity index (χ0) is 11.6. The summed E-state index contributed by atoms with van der Waals surface area (Å²) in [6, 6.07) is 5.53. The third kappa shape index (κ3) is 2.47. The van der Waals surface area contributed by atoms with Gasteiger partial charge in [0.25, 0.3) is 0 Å². The van der Waals surface area contributed by atoms with Crippen LogP contribution in [0.2, 0.25) is 0 Å². The molecule has 5 heteroatoms. The lowest BCUT2D eigenvalue weighted by Crippen LogP contribution is -2.10. The van der Waals surface area contributed by atoms with Crippen LogP contribution in [0.1, 0.15) is 12.5 Å². The molecule has 1 heterocycles. The minimum absolute atomic E-state index is 0.184. The van der Waals surface area contributed by atoms with Gasteiger partial charge in [-0.15, -0.1) is 0 Å². The first-order valence-corrected chi connectivity index (χ1v) is 7.02. The van der Waals surface area contributed by atoms with Gasteiger partial charge in [-0.05, 0) is 24.1 Å². The zero-order valence-electron chi connectivity index (χ0n) is 9.10. The van der Waals surface area contributed by atoms with Gasteiger partial charge in [0.2, 0.25) is 6.79 Å². The van der Waals surface area contributed by atoms with E-state index in [2.05, 4.69) is 0 Å². The molecule has 0 N–H and O–H groups in total. The Labute approximate surface area is 95.1 Å². The first-order chi connectivity index (χ1) is 7.61. The molecule has 1 aliphatic heterocycles. The van der Waals surface area contributed by atoms with Crippen LogP contribution in [0.5, 0.6) is 11.5 Å². The molecule has 0 spiro atoms. The van der Waals surface area contributed by atoms with Gasteiger partial charge < -0.3 is 9.47 Å². The van der Waals surface area contributed by atoms with E-state index in [-0.39, 0.29) is 18.3 Å². The highest BCUT2D eigenvalue weighted by atomic mass is 32.2. The Balaban J connectivity index is 2.06. The zero-order valence-corrected chi connectivity index (χ0v) is 9.92. The lowest BCUT2D eigenvalue weighted by molar-refractivity contribution is 0.174.